The van der Waals surface area contributed by atoms with Crippen molar-refractivity contribution in [3.05, 3.63) is 59.2 Å². The summed E-state index contributed by atoms with van der Waals surface area (Å²) in [6, 6.07) is 14.2. The van der Waals surface area contributed by atoms with Gasteiger partial charge in [0.1, 0.15) is 6.61 Å². The summed E-state index contributed by atoms with van der Waals surface area (Å²) in [4.78, 5) is 23.0. The Morgan fingerprint density at radius 1 is 1.00 bits per heavy atom. The van der Waals surface area contributed by atoms with E-state index in [2.05, 4.69) is 12.1 Å². The van der Waals surface area contributed by atoms with Gasteiger partial charge >= 0.3 is 11.9 Å². The molecule has 0 aromatic heterocycles. The van der Waals surface area contributed by atoms with Gasteiger partial charge in [0.25, 0.3) is 0 Å². The van der Waals surface area contributed by atoms with E-state index in [1.54, 1.807) is 6.92 Å². The van der Waals surface area contributed by atoms with E-state index in [1.165, 1.54) is 6.92 Å². The SMILES string of the molecule is CCOC(=O)Cc1ccc2c(c1)C(COC(C)=O)c1ccccc1-2. The summed E-state index contributed by atoms with van der Waals surface area (Å²) in [5, 5.41) is 0. The average Bonchev–Trinajstić information content (AvgIpc) is 2.86. The van der Waals surface area contributed by atoms with Crippen LogP contribution in [0.2, 0.25) is 0 Å². The summed E-state index contributed by atoms with van der Waals surface area (Å²) < 4.78 is 10.3. The Kier molecular flexibility index (Phi) is 4.65. The predicted octanol–water partition coefficient (Wildman–Crippen LogP) is 3.47. The molecule has 0 saturated heterocycles. The van der Waals surface area contributed by atoms with Crippen molar-refractivity contribution in [1.29, 1.82) is 0 Å². The minimum Gasteiger partial charge on any atom is -0.466 e. The Hall–Kier alpha value is -2.62. The molecule has 0 aliphatic heterocycles. The molecule has 2 aromatic carbocycles. The van der Waals surface area contributed by atoms with Crippen molar-refractivity contribution in [3.8, 4) is 11.1 Å². The maximum Gasteiger partial charge on any atom is 0.310 e. The zero-order valence-electron chi connectivity index (χ0n) is 13.9. The minimum absolute atomic E-state index is 0.00208. The van der Waals surface area contributed by atoms with Gasteiger partial charge in [-0.25, -0.2) is 0 Å². The van der Waals surface area contributed by atoms with E-state index in [-0.39, 0.29) is 24.3 Å². The van der Waals surface area contributed by atoms with Crippen LogP contribution in [0.5, 0.6) is 0 Å². The molecule has 0 amide bonds. The molecule has 3 rings (SSSR count). The third kappa shape index (κ3) is 3.18. The van der Waals surface area contributed by atoms with Gasteiger partial charge in [-0.15, -0.1) is 0 Å². The highest BCUT2D eigenvalue weighted by Gasteiger charge is 2.29. The average molecular weight is 324 g/mol. The monoisotopic (exact) mass is 324 g/mol. The molecule has 0 saturated carbocycles. The molecule has 1 aliphatic carbocycles. The zero-order valence-corrected chi connectivity index (χ0v) is 13.9. The predicted molar refractivity (Wildman–Crippen MR) is 90.7 cm³/mol. The number of fused-ring (bicyclic) bond motifs is 3. The number of hydrogen-bond donors (Lipinski definition) is 0. The number of ether oxygens (including phenoxy) is 2. The molecule has 1 unspecified atom stereocenters. The molecule has 0 heterocycles. The van der Waals surface area contributed by atoms with Crippen molar-refractivity contribution in [2.24, 2.45) is 0 Å². The van der Waals surface area contributed by atoms with Crippen LogP contribution in [0.4, 0.5) is 0 Å². The molecule has 2 aromatic rings. The lowest BCUT2D eigenvalue weighted by atomic mass is 9.96. The number of hydrogen-bond acceptors (Lipinski definition) is 4. The molecular weight excluding hydrogens is 304 g/mol. The molecule has 0 spiro atoms. The van der Waals surface area contributed by atoms with Gasteiger partial charge in [0.2, 0.25) is 0 Å². The van der Waals surface area contributed by atoms with Gasteiger partial charge in [0.05, 0.1) is 13.0 Å². The van der Waals surface area contributed by atoms with Crippen LogP contribution >= 0.6 is 0 Å². The van der Waals surface area contributed by atoms with Crippen LogP contribution in [0.1, 0.15) is 36.5 Å². The van der Waals surface area contributed by atoms with Crippen LogP contribution in [0, 0.1) is 0 Å². The van der Waals surface area contributed by atoms with E-state index in [4.69, 9.17) is 9.47 Å². The van der Waals surface area contributed by atoms with Crippen molar-refractivity contribution in [2.75, 3.05) is 13.2 Å². The Labute approximate surface area is 141 Å². The highest BCUT2D eigenvalue weighted by molar-refractivity contribution is 5.80. The van der Waals surface area contributed by atoms with Crippen LogP contribution in [-0.2, 0) is 25.5 Å². The number of rotatable bonds is 5. The molecule has 1 aliphatic rings. The quantitative estimate of drug-likeness (QED) is 0.790. The van der Waals surface area contributed by atoms with E-state index in [0.717, 1.165) is 27.8 Å². The Bertz CT molecular complexity index is 779. The lowest BCUT2D eigenvalue weighted by Gasteiger charge is -2.14. The van der Waals surface area contributed by atoms with E-state index in [9.17, 15) is 9.59 Å². The van der Waals surface area contributed by atoms with E-state index in [0.29, 0.717) is 13.2 Å². The second-order valence-electron chi connectivity index (χ2n) is 5.85. The van der Waals surface area contributed by atoms with Gasteiger partial charge < -0.3 is 9.47 Å². The number of esters is 2. The lowest BCUT2D eigenvalue weighted by Crippen LogP contribution is -2.11. The molecule has 4 heteroatoms. The van der Waals surface area contributed by atoms with E-state index in [1.807, 2.05) is 30.3 Å². The summed E-state index contributed by atoms with van der Waals surface area (Å²) in [7, 11) is 0. The third-order valence-corrected chi connectivity index (χ3v) is 4.22. The Balaban J connectivity index is 1.94. The summed E-state index contributed by atoms with van der Waals surface area (Å²) in [5.74, 6) is -0.518. The van der Waals surface area contributed by atoms with Gasteiger partial charge in [-0.1, -0.05) is 42.5 Å². The fraction of sp³-hybridized carbons (Fsp3) is 0.300. The fourth-order valence-electron chi connectivity index (χ4n) is 3.23. The van der Waals surface area contributed by atoms with Gasteiger partial charge in [0.15, 0.2) is 0 Å². The fourth-order valence-corrected chi connectivity index (χ4v) is 3.23. The highest BCUT2D eigenvalue weighted by Crippen LogP contribution is 2.45. The largest absolute Gasteiger partial charge is 0.466 e. The Morgan fingerprint density at radius 3 is 2.50 bits per heavy atom. The van der Waals surface area contributed by atoms with E-state index >= 15 is 0 Å². The van der Waals surface area contributed by atoms with Gasteiger partial charge in [0, 0.05) is 12.8 Å². The van der Waals surface area contributed by atoms with Crippen molar-refractivity contribution in [2.45, 2.75) is 26.2 Å². The molecular formula is C20H20O4. The van der Waals surface area contributed by atoms with Crippen LogP contribution in [0.15, 0.2) is 42.5 Å². The normalized spacial score (nSPS) is 14.7. The van der Waals surface area contributed by atoms with Crippen molar-refractivity contribution >= 4 is 11.9 Å². The maximum absolute atomic E-state index is 11.7. The summed E-state index contributed by atoms with van der Waals surface area (Å²) in [5.41, 5.74) is 5.46. The Morgan fingerprint density at radius 2 is 1.75 bits per heavy atom. The standard InChI is InChI=1S/C20H20O4/c1-3-23-20(22)11-14-8-9-17-15-6-4-5-7-16(15)19(18(17)10-14)12-24-13(2)21/h4-10,19H,3,11-12H2,1-2H3. The van der Waals surface area contributed by atoms with Gasteiger partial charge in [-0.2, -0.15) is 0 Å². The van der Waals surface area contributed by atoms with Crippen molar-refractivity contribution in [3.63, 3.8) is 0 Å². The molecule has 24 heavy (non-hydrogen) atoms. The first-order valence-electron chi connectivity index (χ1n) is 8.11. The van der Waals surface area contributed by atoms with Crippen LogP contribution in [-0.4, -0.2) is 25.2 Å². The molecule has 1 atom stereocenters. The van der Waals surface area contributed by atoms with Gasteiger partial charge in [-0.05, 0) is 34.7 Å². The molecule has 0 radical (unpaired) electrons. The molecule has 124 valence electrons. The third-order valence-electron chi connectivity index (χ3n) is 4.22. The number of carbonyl (C=O) groups is 2. The summed E-state index contributed by atoms with van der Waals surface area (Å²) in [6.45, 7) is 3.90. The van der Waals surface area contributed by atoms with Crippen LogP contribution in [0.25, 0.3) is 11.1 Å². The first-order chi connectivity index (χ1) is 11.6. The van der Waals surface area contributed by atoms with Crippen molar-refractivity contribution < 1.29 is 19.1 Å². The molecule has 0 bridgehead atoms. The maximum atomic E-state index is 11.7. The lowest BCUT2D eigenvalue weighted by molar-refractivity contribution is -0.142. The zero-order chi connectivity index (χ0) is 17.1. The molecule has 4 nitrogen and oxygen atoms in total. The number of carbonyl (C=O) groups excluding carboxylic acids is 2. The summed E-state index contributed by atoms with van der Waals surface area (Å²) >= 11 is 0. The van der Waals surface area contributed by atoms with E-state index < -0.39 is 0 Å². The van der Waals surface area contributed by atoms with Crippen LogP contribution in [0.3, 0.4) is 0 Å². The first-order valence-corrected chi connectivity index (χ1v) is 8.11. The second-order valence-corrected chi connectivity index (χ2v) is 5.85. The first kappa shape index (κ1) is 16.2. The topological polar surface area (TPSA) is 52.6 Å². The second kappa shape index (κ2) is 6.87. The molecule has 0 N–H and O–H groups in total. The van der Waals surface area contributed by atoms with Gasteiger partial charge in [-0.3, -0.25) is 9.59 Å². The summed E-state index contributed by atoms with van der Waals surface area (Å²) in [6.07, 6.45) is 0.248. The van der Waals surface area contributed by atoms with Crippen LogP contribution < -0.4 is 0 Å². The number of benzene rings is 2. The van der Waals surface area contributed by atoms with Crippen molar-refractivity contribution in [1.82, 2.24) is 0 Å². The highest BCUT2D eigenvalue weighted by atomic mass is 16.5. The minimum atomic E-state index is -0.288. The smallest absolute Gasteiger partial charge is 0.310 e. The molecule has 0 fully saturated rings.